The summed E-state index contributed by atoms with van der Waals surface area (Å²) in [6, 6.07) is 8.75. The molecule has 0 saturated carbocycles. The van der Waals surface area contributed by atoms with Crippen LogP contribution in [0.1, 0.15) is 47.1 Å². The number of alkyl halides is 3. The maximum atomic E-state index is 13.2. The van der Waals surface area contributed by atoms with E-state index in [0.29, 0.717) is 47.1 Å². The fourth-order valence-electron chi connectivity index (χ4n) is 3.91. The molecule has 4 rings (SSSR count). The predicted molar refractivity (Wildman–Crippen MR) is 104 cm³/mol. The lowest BCUT2D eigenvalue weighted by Gasteiger charge is -2.30. The van der Waals surface area contributed by atoms with E-state index >= 15 is 0 Å². The van der Waals surface area contributed by atoms with Gasteiger partial charge < -0.3 is 13.9 Å². The first kappa shape index (κ1) is 19.6. The quantitative estimate of drug-likeness (QED) is 0.580. The lowest BCUT2D eigenvalue weighted by Crippen LogP contribution is -2.38. The Morgan fingerprint density at radius 3 is 2.59 bits per heavy atom. The number of carbonyl (C=O) groups is 1. The second-order valence-electron chi connectivity index (χ2n) is 7.90. The van der Waals surface area contributed by atoms with Crippen LogP contribution in [0, 0.1) is 12.8 Å². The molecule has 0 bridgehead atoms. The highest BCUT2D eigenvalue weighted by atomic mass is 19.4. The zero-order valence-corrected chi connectivity index (χ0v) is 16.4. The Balaban J connectivity index is 1.71. The maximum absolute atomic E-state index is 13.2. The molecule has 1 aliphatic heterocycles. The molecule has 0 atom stereocenters. The van der Waals surface area contributed by atoms with E-state index in [0.717, 1.165) is 25.0 Å². The predicted octanol–water partition coefficient (Wildman–Crippen LogP) is 5.48. The average molecular weight is 404 g/mol. The fraction of sp³-hybridized carbons (Fsp3) is 0.409. The minimum absolute atomic E-state index is 0.104. The highest BCUT2D eigenvalue weighted by molar-refractivity contribution is 5.97. The van der Waals surface area contributed by atoms with E-state index in [1.807, 2.05) is 17.9 Å². The van der Waals surface area contributed by atoms with Crippen molar-refractivity contribution in [2.75, 3.05) is 13.1 Å². The first-order valence-corrected chi connectivity index (χ1v) is 9.77. The molecule has 0 radical (unpaired) electrons. The Morgan fingerprint density at radius 2 is 1.90 bits per heavy atom. The summed E-state index contributed by atoms with van der Waals surface area (Å²) in [6.07, 6.45) is -2.50. The molecule has 1 fully saturated rings. The lowest BCUT2D eigenvalue weighted by atomic mass is 9.99. The number of fused-ring (bicyclic) bond motifs is 1. The van der Waals surface area contributed by atoms with Crippen LogP contribution in [0.15, 0.2) is 40.8 Å². The highest BCUT2D eigenvalue weighted by Crippen LogP contribution is 2.31. The van der Waals surface area contributed by atoms with Gasteiger partial charge in [0, 0.05) is 31.8 Å². The molecule has 154 valence electrons. The van der Waals surface area contributed by atoms with Crippen molar-refractivity contribution in [3.63, 3.8) is 0 Å². The van der Waals surface area contributed by atoms with Crippen molar-refractivity contribution in [2.45, 2.75) is 39.4 Å². The number of benzene rings is 1. The minimum atomic E-state index is -4.41. The minimum Gasteiger partial charge on any atom is -0.460 e. The lowest BCUT2D eigenvalue weighted by molar-refractivity contribution is -0.137. The molecule has 29 heavy (non-hydrogen) atoms. The molecule has 0 unspecified atom stereocenters. The molecular formula is C22H23F3N2O2. The number of likely N-dealkylation sites (tertiary alicyclic amines) is 1. The maximum Gasteiger partial charge on any atom is 0.416 e. The smallest absolute Gasteiger partial charge is 0.416 e. The van der Waals surface area contributed by atoms with Crippen molar-refractivity contribution >= 4 is 17.0 Å². The van der Waals surface area contributed by atoms with E-state index in [2.05, 4.69) is 6.92 Å². The molecule has 1 amide bonds. The summed E-state index contributed by atoms with van der Waals surface area (Å²) in [4.78, 5) is 15.0. The third kappa shape index (κ3) is 3.91. The molecule has 3 heterocycles. The Kier molecular flexibility index (Phi) is 4.92. The van der Waals surface area contributed by atoms with E-state index in [9.17, 15) is 18.0 Å². The van der Waals surface area contributed by atoms with E-state index in [4.69, 9.17) is 4.42 Å². The van der Waals surface area contributed by atoms with Gasteiger partial charge in [-0.2, -0.15) is 13.2 Å². The Morgan fingerprint density at radius 1 is 1.17 bits per heavy atom. The van der Waals surface area contributed by atoms with Crippen LogP contribution >= 0.6 is 0 Å². The number of hydrogen-bond acceptors (Lipinski definition) is 2. The van der Waals surface area contributed by atoms with Gasteiger partial charge in [-0.3, -0.25) is 4.79 Å². The van der Waals surface area contributed by atoms with Crippen molar-refractivity contribution in [3.05, 3.63) is 59.0 Å². The van der Waals surface area contributed by atoms with Gasteiger partial charge in [-0.05, 0) is 43.4 Å². The number of rotatable bonds is 3. The summed E-state index contributed by atoms with van der Waals surface area (Å²) >= 11 is 0. The zero-order chi connectivity index (χ0) is 20.8. The molecule has 0 N–H and O–H groups in total. The van der Waals surface area contributed by atoms with E-state index in [-0.39, 0.29) is 12.5 Å². The number of halogens is 3. The van der Waals surface area contributed by atoms with E-state index in [1.165, 1.54) is 6.07 Å². The average Bonchev–Trinajstić information content (AvgIpc) is 3.18. The van der Waals surface area contributed by atoms with Crippen LogP contribution < -0.4 is 0 Å². The summed E-state index contributed by atoms with van der Waals surface area (Å²) in [6.45, 7) is 5.53. The SMILES string of the molecule is Cc1cc2c(cc(C(=O)N3CCC(C)CC3)n2Cc2cccc(C(F)(F)F)c2)o1. The topological polar surface area (TPSA) is 38.4 Å². The largest absolute Gasteiger partial charge is 0.460 e. The van der Waals surface area contributed by atoms with Crippen molar-refractivity contribution in [2.24, 2.45) is 5.92 Å². The van der Waals surface area contributed by atoms with Crippen LogP contribution in [0.2, 0.25) is 0 Å². The number of hydrogen-bond donors (Lipinski definition) is 0. The number of furan rings is 1. The number of nitrogens with zero attached hydrogens (tertiary/aromatic N) is 2. The molecule has 2 aromatic heterocycles. The van der Waals surface area contributed by atoms with Crippen LogP contribution in [0.3, 0.4) is 0 Å². The van der Waals surface area contributed by atoms with Crippen molar-refractivity contribution in [1.29, 1.82) is 0 Å². The van der Waals surface area contributed by atoms with E-state index in [1.54, 1.807) is 16.7 Å². The second-order valence-corrected chi connectivity index (χ2v) is 7.90. The van der Waals surface area contributed by atoms with Gasteiger partial charge in [0.1, 0.15) is 11.5 Å². The van der Waals surface area contributed by atoms with Gasteiger partial charge in [-0.15, -0.1) is 0 Å². The number of aromatic nitrogens is 1. The number of aryl methyl sites for hydroxylation is 1. The van der Waals surface area contributed by atoms with Crippen LogP contribution in [0.25, 0.3) is 11.1 Å². The van der Waals surface area contributed by atoms with Crippen LogP contribution in [-0.4, -0.2) is 28.5 Å². The highest BCUT2D eigenvalue weighted by Gasteiger charge is 2.31. The Bertz CT molecular complexity index is 1040. The molecular weight excluding hydrogens is 381 g/mol. The second kappa shape index (κ2) is 7.28. The van der Waals surface area contributed by atoms with Crippen LogP contribution in [0.5, 0.6) is 0 Å². The summed E-state index contributed by atoms with van der Waals surface area (Å²) in [5.41, 5.74) is 1.53. The van der Waals surface area contributed by atoms with Crippen molar-refractivity contribution in [1.82, 2.24) is 9.47 Å². The molecule has 3 aromatic rings. The third-order valence-electron chi connectivity index (χ3n) is 5.60. The van der Waals surface area contributed by atoms with E-state index < -0.39 is 11.7 Å². The van der Waals surface area contributed by atoms with Crippen LogP contribution in [-0.2, 0) is 12.7 Å². The van der Waals surface area contributed by atoms with Gasteiger partial charge in [0.05, 0.1) is 11.1 Å². The zero-order valence-electron chi connectivity index (χ0n) is 16.4. The Hall–Kier alpha value is -2.70. The van der Waals surface area contributed by atoms with Crippen molar-refractivity contribution in [3.8, 4) is 0 Å². The molecule has 0 aliphatic carbocycles. The molecule has 7 heteroatoms. The molecule has 1 saturated heterocycles. The van der Waals surface area contributed by atoms with Crippen LogP contribution in [0.4, 0.5) is 13.2 Å². The number of amides is 1. The first-order chi connectivity index (χ1) is 13.7. The normalized spacial score (nSPS) is 16.0. The summed E-state index contributed by atoms with van der Waals surface area (Å²) in [5.74, 6) is 1.18. The monoisotopic (exact) mass is 404 g/mol. The fourth-order valence-corrected chi connectivity index (χ4v) is 3.91. The molecule has 0 spiro atoms. The number of piperidine rings is 1. The van der Waals surface area contributed by atoms with Gasteiger partial charge in [-0.25, -0.2) is 0 Å². The van der Waals surface area contributed by atoms with Gasteiger partial charge in [0.2, 0.25) is 0 Å². The summed E-state index contributed by atoms with van der Waals surface area (Å²) in [7, 11) is 0. The van der Waals surface area contributed by atoms with Crippen molar-refractivity contribution < 1.29 is 22.4 Å². The van der Waals surface area contributed by atoms with Gasteiger partial charge in [0.15, 0.2) is 5.58 Å². The van der Waals surface area contributed by atoms with Gasteiger partial charge >= 0.3 is 6.18 Å². The first-order valence-electron chi connectivity index (χ1n) is 9.77. The molecule has 1 aliphatic rings. The molecule has 4 nitrogen and oxygen atoms in total. The third-order valence-corrected chi connectivity index (χ3v) is 5.60. The Labute approximate surface area is 166 Å². The number of carbonyl (C=O) groups excluding carboxylic acids is 1. The summed E-state index contributed by atoms with van der Waals surface area (Å²) in [5, 5.41) is 0. The standard InChI is InChI=1S/C22H23F3N2O2/c1-14-6-8-26(9-7-14)21(28)19-12-20-18(10-15(2)29-20)27(19)13-16-4-3-5-17(11-16)22(23,24)25/h3-5,10-12,14H,6-9,13H2,1-2H3. The van der Waals surface area contributed by atoms with Gasteiger partial charge in [-0.1, -0.05) is 19.1 Å². The van der Waals surface area contributed by atoms with Gasteiger partial charge in [0.25, 0.3) is 5.91 Å². The summed E-state index contributed by atoms with van der Waals surface area (Å²) < 4.78 is 46.8. The molecule has 1 aromatic carbocycles.